The topological polar surface area (TPSA) is 64.1 Å². The van der Waals surface area contributed by atoms with E-state index in [4.69, 9.17) is 4.74 Å². The van der Waals surface area contributed by atoms with Gasteiger partial charge in [-0.1, -0.05) is 30.0 Å². The van der Waals surface area contributed by atoms with Gasteiger partial charge >= 0.3 is 0 Å². The third-order valence-corrected chi connectivity index (χ3v) is 5.18. The Morgan fingerprint density at radius 2 is 2.04 bits per heavy atom. The zero-order valence-electron chi connectivity index (χ0n) is 13.6. The van der Waals surface area contributed by atoms with Gasteiger partial charge in [0.1, 0.15) is 5.75 Å². The molecule has 128 valence electrons. The van der Waals surface area contributed by atoms with Crippen molar-refractivity contribution in [1.82, 2.24) is 9.97 Å². The van der Waals surface area contributed by atoms with Crippen LogP contribution in [0.2, 0.25) is 0 Å². The van der Waals surface area contributed by atoms with Gasteiger partial charge < -0.3 is 10.1 Å². The molecule has 1 aromatic carbocycles. The summed E-state index contributed by atoms with van der Waals surface area (Å²) in [5, 5.41) is 4.29. The highest BCUT2D eigenvalue weighted by molar-refractivity contribution is 7.99. The molecule has 0 aliphatic heterocycles. The van der Waals surface area contributed by atoms with Gasteiger partial charge in [0.25, 0.3) is 0 Å². The molecule has 3 rings (SSSR count). The lowest BCUT2D eigenvalue weighted by Gasteiger charge is -2.02. The molecule has 0 atom stereocenters. The Kier molecular flexibility index (Phi) is 6.03. The standard InChI is InChI=1S/C18H17N3O2S2/c1-23-14-7-5-13(6-8-14)10-15-11-20-18(25-15)21-16(22)12-24-17-4-2-3-9-19-17/h2-9,11H,10,12H2,1H3,(H,20,21,22). The summed E-state index contributed by atoms with van der Waals surface area (Å²) >= 11 is 2.89. The summed E-state index contributed by atoms with van der Waals surface area (Å²) in [6, 6.07) is 13.6. The van der Waals surface area contributed by atoms with Crippen molar-refractivity contribution in [1.29, 1.82) is 0 Å². The minimum Gasteiger partial charge on any atom is -0.497 e. The number of aromatic nitrogens is 2. The van der Waals surface area contributed by atoms with Crippen LogP contribution in [-0.4, -0.2) is 28.7 Å². The van der Waals surface area contributed by atoms with E-state index in [-0.39, 0.29) is 5.91 Å². The van der Waals surface area contributed by atoms with Crippen LogP contribution >= 0.6 is 23.1 Å². The van der Waals surface area contributed by atoms with E-state index in [2.05, 4.69) is 15.3 Å². The first-order valence-electron chi connectivity index (χ1n) is 7.64. The van der Waals surface area contributed by atoms with E-state index in [1.54, 1.807) is 19.5 Å². The highest BCUT2D eigenvalue weighted by Gasteiger charge is 2.08. The first kappa shape index (κ1) is 17.4. The Labute approximate surface area is 154 Å². The molecule has 5 nitrogen and oxygen atoms in total. The number of thiazole rings is 1. The molecule has 0 aliphatic rings. The second-order valence-corrected chi connectivity index (χ2v) is 7.27. The predicted octanol–water partition coefficient (Wildman–Crippen LogP) is 3.87. The molecule has 0 fully saturated rings. The van der Waals surface area contributed by atoms with Crippen LogP contribution in [0.25, 0.3) is 0 Å². The van der Waals surface area contributed by atoms with Gasteiger partial charge in [-0.3, -0.25) is 4.79 Å². The second-order valence-electron chi connectivity index (χ2n) is 5.16. The number of hydrogen-bond acceptors (Lipinski definition) is 6. The number of methoxy groups -OCH3 is 1. The minimum absolute atomic E-state index is 0.0824. The average Bonchev–Trinajstić information content (AvgIpc) is 3.08. The number of amides is 1. The normalized spacial score (nSPS) is 10.4. The van der Waals surface area contributed by atoms with Crippen molar-refractivity contribution in [3.8, 4) is 5.75 Å². The van der Waals surface area contributed by atoms with Gasteiger partial charge in [0.2, 0.25) is 5.91 Å². The first-order valence-corrected chi connectivity index (χ1v) is 9.44. The molecule has 1 amide bonds. The van der Waals surface area contributed by atoms with Gasteiger partial charge in [0.15, 0.2) is 5.13 Å². The molecule has 2 aromatic heterocycles. The minimum atomic E-state index is -0.0824. The number of anilines is 1. The molecule has 0 saturated carbocycles. The van der Waals surface area contributed by atoms with Crippen molar-refractivity contribution < 1.29 is 9.53 Å². The Morgan fingerprint density at radius 1 is 1.20 bits per heavy atom. The zero-order valence-corrected chi connectivity index (χ0v) is 15.3. The molecule has 2 heterocycles. The van der Waals surface area contributed by atoms with Crippen LogP contribution in [0, 0.1) is 0 Å². The summed E-state index contributed by atoms with van der Waals surface area (Å²) < 4.78 is 5.16. The third kappa shape index (κ3) is 5.30. The van der Waals surface area contributed by atoms with Crippen molar-refractivity contribution in [3.63, 3.8) is 0 Å². The maximum atomic E-state index is 12.0. The van der Waals surface area contributed by atoms with Crippen LogP contribution in [-0.2, 0) is 11.2 Å². The van der Waals surface area contributed by atoms with Crippen molar-refractivity contribution in [3.05, 3.63) is 65.3 Å². The van der Waals surface area contributed by atoms with Gasteiger partial charge in [0, 0.05) is 23.7 Å². The second kappa shape index (κ2) is 8.64. The predicted molar refractivity (Wildman–Crippen MR) is 102 cm³/mol. The van der Waals surface area contributed by atoms with E-state index in [0.717, 1.165) is 22.1 Å². The molecule has 7 heteroatoms. The largest absolute Gasteiger partial charge is 0.497 e. The molecule has 0 saturated heterocycles. The molecule has 0 spiro atoms. The summed E-state index contributed by atoms with van der Waals surface area (Å²) in [4.78, 5) is 21.6. The number of benzene rings is 1. The van der Waals surface area contributed by atoms with Crippen molar-refractivity contribution in [2.75, 3.05) is 18.2 Å². The number of hydrogen-bond donors (Lipinski definition) is 1. The highest BCUT2D eigenvalue weighted by Crippen LogP contribution is 2.23. The number of pyridine rings is 1. The molecular weight excluding hydrogens is 354 g/mol. The third-order valence-electron chi connectivity index (χ3n) is 3.33. The average molecular weight is 371 g/mol. The lowest BCUT2D eigenvalue weighted by molar-refractivity contribution is -0.113. The Hall–Kier alpha value is -2.38. The van der Waals surface area contributed by atoms with E-state index in [1.807, 2.05) is 42.5 Å². The summed E-state index contributed by atoms with van der Waals surface area (Å²) in [6.07, 6.45) is 4.29. The van der Waals surface area contributed by atoms with Gasteiger partial charge in [-0.05, 0) is 29.8 Å². The zero-order chi connectivity index (χ0) is 17.5. The summed E-state index contributed by atoms with van der Waals surface area (Å²) in [6.45, 7) is 0. The van der Waals surface area contributed by atoms with Crippen molar-refractivity contribution in [2.24, 2.45) is 0 Å². The van der Waals surface area contributed by atoms with Gasteiger partial charge in [-0.25, -0.2) is 9.97 Å². The number of carbonyl (C=O) groups is 1. The van der Waals surface area contributed by atoms with E-state index in [9.17, 15) is 4.79 Å². The number of ether oxygens (including phenoxy) is 1. The summed E-state index contributed by atoms with van der Waals surface area (Å²) in [5.74, 6) is 1.07. The van der Waals surface area contributed by atoms with Crippen LogP contribution in [0.4, 0.5) is 5.13 Å². The first-order chi connectivity index (χ1) is 12.2. The molecule has 0 bridgehead atoms. The van der Waals surface area contributed by atoms with Gasteiger partial charge in [-0.2, -0.15) is 0 Å². The van der Waals surface area contributed by atoms with E-state index in [0.29, 0.717) is 10.9 Å². The Morgan fingerprint density at radius 3 is 2.76 bits per heavy atom. The van der Waals surface area contributed by atoms with Crippen molar-refractivity contribution in [2.45, 2.75) is 11.4 Å². The van der Waals surface area contributed by atoms with Crippen LogP contribution in [0.1, 0.15) is 10.4 Å². The van der Waals surface area contributed by atoms with E-state index >= 15 is 0 Å². The Bertz CT molecular complexity index is 820. The SMILES string of the molecule is COc1ccc(Cc2cnc(NC(=O)CSc3ccccn3)s2)cc1. The monoisotopic (exact) mass is 371 g/mol. The maximum absolute atomic E-state index is 12.0. The Balaban J connectivity index is 1.51. The molecule has 0 aliphatic carbocycles. The molecule has 1 N–H and O–H groups in total. The lowest BCUT2D eigenvalue weighted by Crippen LogP contribution is -2.13. The van der Waals surface area contributed by atoms with Gasteiger partial charge in [0.05, 0.1) is 17.9 Å². The van der Waals surface area contributed by atoms with Crippen LogP contribution in [0.15, 0.2) is 59.9 Å². The lowest BCUT2D eigenvalue weighted by atomic mass is 10.1. The number of rotatable bonds is 7. The fourth-order valence-electron chi connectivity index (χ4n) is 2.12. The summed E-state index contributed by atoms with van der Waals surface area (Å²) in [7, 11) is 1.65. The smallest absolute Gasteiger partial charge is 0.236 e. The quantitative estimate of drug-likeness (QED) is 0.639. The molecule has 0 unspecified atom stereocenters. The highest BCUT2D eigenvalue weighted by atomic mass is 32.2. The number of nitrogens with zero attached hydrogens (tertiary/aromatic N) is 2. The fraction of sp³-hybridized carbons (Fsp3) is 0.167. The number of carbonyl (C=O) groups excluding carboxylic acids is 1. The summed E-state index contributed by atoms with van der Waals surface area (Å²) in [5.41, 5.74) is 1.17. The van der Waals surface area contributed by atoms with Crippen LogP contribution in [0.3, 0.4) is 0 Å². The van der Waals surface area contributed by atoms with E-state index < -0.39 is 0 Å². The van der Waals surface area contributed by atoms with Crippen LogP contribution < -0.4 is 10.1 Å². The molecule has 25 heavy (non-hydrogen) atoms. The maximum Gasteiger partial charge on any atom is 0.236 e. The van der Waals surface area contributed by atoms with Crippen LogP contribution in [0.5, 0.6) is 5.75 Å². The molecule has 0 radical (unpaired) electrons. The van der Waals surface area contributed by atoms with Crippen molar-refractivity contribution >= 4 is 34.1 Å². The fourth-order valence-corrected chi connectivity index (χ4v) is 3.64. The van der Waals surface area contributed by atoms with E-state index in [1.165, 1.54) is 28.7 Å². The molecular formula is C18H17N3O2S2. The number of thioether (sulfide) groups is 1. The number of nitrogens with one attached hydrogen (secondary N) is 1. The molecule has 3 aromatic rings. The van der Waals surface area contributed by atoms with Gasteiger partial charge in [-0.15, -0.1) is 11.3 Å².